The lowest BCUT2D eigenvalue weighted by molar-refractivity contribution is 0.786. The van der Waals surface area contributed by atoms with Crippen LogP contribution in [0, 0.1) is 25.2 Å². The third-order valence-corrected chi connectivity index (χ3v) is 3.40. The van der Waals surface area contributed by atoms with Crippen LogP contribution in [0.2, 0.25) is 0 Å². The fourth-order valence-corrected chi connectivity index (χ4v) is 2.14. The maximum Gasteiger partial charge on any atom is 0.289 e. The predicted molar refractivity (Wildman–Crippen MR) is 88.7 cm³/mol. The van der Waals surface area contributed by atoms with Gasteiger partial charge in [0.15, 0.2) is 0 Å². The van der Waals surface area contributed by atoms with Gasteiger partial charge in [0.05, 0.1) is 6.21 Å². The molecule has 22 heavy (non-hydrogen) atoms. The summed E-state index contributed by atoms with van der Waals surface area (Å²) in [4.78, 5) is 14.2. The first-order chi connectivity index (χ1) is 10.4. The average molecular weight is 294 g/mol. The molecule has 0 aliphatic carbocycles. The first-order valence-electron chi connectivity index (χ1n) is 6.89. The summed E-state index contributed by atoms with van der Waals surface area (Å²) >= 11 is 0. The molecule has 5 nitrogen and oxygen atoms in total. The van der Waals surface area contributed by atoms with Gasteiger partial charge < -0.3 is 4.90 Å². The fourth-order valence-electron chi connectivity index (χ4n) is 2.14. The first kappa shape index (κ1) is 15.5. The molecule has 0 aliphatic rings. The van der Waals surface area contributed by atoms with Crippen LogP contribution in [-0.2, 0) is 0 Å². The Kier molecular flexibility index (Phi) is 4.42. The maximum atomic E-state index is 12.2. The lowest BCUT2D eigenvalue weighted by atomic mass is 10.1. The van der Waals surface area contributed by atoms with E-state index in [0.29, 0.717) is 11.3 Å². The van der Waals surface area contributed by atoms with E-state index in [-0.39, 0.29) is 11.1 Å². The SMILES string of the molecule is Cc1cc(C)n(/N=C/c2ccc(N(C)C)cc2)c(=O)c1C#N. The molecule has 5 heteroatoms. The number of benzene rings is 1. The number of nitrogens with zero attached hydrogens (tertiary/aromatic N) is 4. The highest BCUT2D eigenvalue weighted by Crippen LogP contribution is 2.11. The van der Waals surface area contributed by atoms with Gasteiger partial charge in [0.25, 0.3) is 5.56 Å². The van der Waals surface area contributed by atoms with Crippen molar-refractivity contribution in [3.63, 3.8) is 0 Å². The van der Waals surface area contributed by atoms with Crippen LogP contribution in [0.1, 0.15) is 22.4 Å². The minimum absolute atomic E-state index is 0.130. The van der Waals surface area contributed by atoms with Gasteiger partial charge in [-0.2, -0.15) is 10.4 Å². The largest absolute Gasteiger partial charge is 0.378 e. The predicted octanol–water partition coefficient (Wildman–Crippen LogP) is 2.29. The molecular weight excluding hydrogens is 276 g/mol. The number of hydrogen-bond donors (Lipinski definition) is 0. The van der Waals surface area contributed by atoms with E-state index in [1.807, 2.05) is 49.3 Å². The van der Waals surface area contributed by atoms with Crippen molar-refractivity contribution in [3.8, 4) is 6.07 Å². The topological polar surface area (TPSA) is 61.4 Å². The van der Waals surface area contributed by atoms with Crippen LogP contribution in [0.25, 0.3) is 0 Å². The molecule has 1 aromatic carbocycles. The molecule has 0 saturated heterocycles. The second-order valence-corrected chi connectivity index (χ2v) is 5.30. The average Bonchev–Trinajstić information content (AvgIpc) is 2.47. The Morgan fingerprint density at radius 2 is 1.86 bits per heavy atom. The summed E-state index contributed by atoms with van der Waals surface area (Å²) in [6.07, 6.45) is 1.62. The van der Waals surface area contributed by atoms with E-state index >= 15 is 0 Å². The Morgan fingerprint density at radius 1 is 1.23 bits per heavy atom. The zero-order chi connectivity index (χ0) is 16.3. The van der Waals surface area contributed by atoms with Gasteiger partial charge in [0, 0.05) is 25.5 Å². The van der Waals surface area contributed by atoms with Crippen LogP contribution >= 0.6 is 0 Å². The molecule has 0 saturated carbocycles. The van der Waals surface area contributed by atoms with Crippen molar-refractivity contribution in [1.29, 1.82) is 5.26 Å². The second-order valence-electron chi connectivity index (χ2n) is 5.30. The molecule has 0 aliphatic heterocycles. The molecule has 0 unspecified atom stereocenters. The molecule has 0 radical (unpaired) electrons. The molecule has 0 spiro atoms. The molecule has 0 amide bonds. The first-order valence-corrected chi connectivity index (χ1v) is 6.89. The maximum absolute atomic E-state index is 12.2. The van der Waals surface area contributed by atoms with Gasteiger partial charge in [-0.25, -0.2) is 4.68 Å². The molecule has 0 bridgehead atoms. The lowest BCUT2D eigenvalue weighted by Gasteiger charge is -2.11. The number of pyridine rings is 1. The third kappa shape index (κ3) is 3.07. The quantitative estimate of drug-likeness (QED) is 0.816. The van der Waals surface area contributed by atoms with E-state index in [1.54, 1.807) is 26.1 Å². The summed E-state index contributed by atoms with van der Waals surface area (Å²) in [6.45, 7) is 3.54. The molecular formula is C17H18N4O. The van der Waals surface area contributed by atoms with Gasteiger partial charge >= 0.3 is 0 Å². The van der Waals surface area contributed by atoms with E-state index in [0.717, 1.165) is 11.3 Å². The number of rotatable bonds is 3. The Bertz CT molecular complexity index is 808. The standard InChI is InChI=1S/C17H18N4O/c1-12-9-13(2)21(17(22)16(12)10-18)19-11-14-5-7-15(8-6-14)20(3)4/h5-9,11H,1-4H3/b19-11+. The Hall–Kier alpha value is -2.87. The van der Waals surface area contributed by atoms with Crippen molar-refractivity contribution < 1.29 is 0 Å². The molecule has 1 aromatic heterocycles. The summed E-state index contributed by atoms with van der Waals surface area (Å²) in [7, 11) is 3.95. The second kappa shape index (κ2) is 6.27. The van der Waals surface area contributed by atoms with Crippen LogP contribution in [-0.4, -0.2) is 25.0 Å². The van der Waals surface area contributed by atoms with Crippen molar-refractivity contribution in [2.24, 2.45) is 5.10 Å². The molecule has 112 valence electrons. The summed E-state index contributed by atoms with van der Waals surface area (Å²) in [5.41, 5.74) is 3.09. The Balaban J connectivity index is 2.39. The summed E-state index contributed by atoms with van der Waals surface area (Å²) < 4.78 is 1.26. The lowest BCUT2D eigenvalue weighted by Crippen LogP contribution is -2.22. The Morgan fingerprint density at radius 3 is 2.41 bits per heavy atom. The van der Waals surface area contributed by atoms with Crippen molar-refractivity contribution in [1.82, 2.24) is 4.68 Å². The van der Waals surface area contributed by atoms with Crippen LogP contribution in [0.3, 0.4) is 0 Å². The van der Waals surface area contributed by atoms with Gasteiger partial charge in [0.2, 0.25) is 0 Å². The fraction of sp³-hybridized carbons (Fsp3) is 0.235. The number of anilines is 1. The number of nitriles is 1. The monoisotopic (exact) mass is 294 g/mol. The van der Waals surface area contributed by atoms with E-state index in [4.69, 9.17) is 5.26 Å². The minimum atomic E-state index is -0.388. The zero-order valence-electron chi connectivity index (χ0n) is 13.2. The smallest absolute Gasteiger partial charge is 0.289 e. The van der Waals surface area contributed by atoms with E-state index < -0.39 is 0 Å². The van der Waals surface area contributed by atoms with Gasteiger partial charge in [-0.15, -0.1) is 0 Å². The van der Waals surface area contributed by atoms with E-state index in [9.17, 15) is 4.79 Å². The third-order valence-electron chi connectivity index (χ3n) is 3.40. The van der Waals surface area contributed by atoms with E-state index in [2.05, 4.69) is 5.10 Å². The van der Waals surface area contributed by atoms with Gasteiger partial charge in [-0.3, -0.25) is 4.79 Å². The number of aryl methyl sites for hydroxylation is 2. The number of hydrogen-bond acceptors (Lipinski definition) is 4. The number of aromatic nitrogens is 1. The van der Waals surface area contributed by atoms with Crippen LogP contribution in [0.5, 0.6) is 0 Å². The van der Waals surface area contributed by atoms with Crippen molar-refractivity contribution in [2.75, 3.05) is 19.0 Å². The molecule has 0 fully saturated rings. The molecule has 2 aromatic rings. The van der Waals surface area contributed by atoms with Gasteiger partial charge in [-0.1, -0.05) is 12.1 Å². The van der Waals surface area contributed by atoms with Crippen LogP contribution in [0.4, 0.5) is 5.69 Å². The minimum Gasteiger partial charge on any atom is -0.378 e. The molecule has 1 heterocycles. The zero-order valence-corrected chi connectivity index (χ0v) is 13.2. The molecule has 0 atom stereocenters. The van der Waals surface area contributed by atoms with Gasteiger partial charge in [0.1, 0.15) is 11.6 Å². The van der Waals surface area contributed by atoms with E-state index in [1.165, 1.54) is 4.68 Å². The normalized spacial score (nSPS) is 10.7. The molecule has 0 N–H and O–H groups in total. The molecule has 2 rings (SSSR count). The summed E-state index contributed by atoms with van der Waals surface area (Å²) in [5, 5.41) is 13.3. The van der Waals surface area contributed by atoms with Crippen molar-refractivity contribution in [3.05, 3.63) is 63.1 Å². The highest BCUT2D eigenvalue weighted by molar-refractivity contribution is 5.80. The summed E-state index contributed by atoms with van der Waals surface area (Å²) in [6, 6.07) is 11.5. The Labute approximate surface area is 129 Å². The van der Waals surface area contributed by atoms with Crippen molar-refractivity contribution >= 4 is 11.9 Å². The van der Waals surface area contributed by atoms with Crippen LogP contribution < -0.4 is 10.5 Å². The highest BCUT2D eigenvalue weighted by Gasteiger charge is 2.08. The summed E-state index contributed by atoms with van der Waals surface area (Å²) in [5.74, 6) is 0. The highest BCUT2D eigenvalue weighted by atomic mass is 16.1. The van der Waals surface area contributed by atoms with Gasteiger partial charge in [-0.05, 0) is 43.2 Å². The van der Waals surface area contributed by atoms with Crippen molar-refractivity contribution in [2.45, 2.75) is 13.8 Å². The van der Waals surface area contributed by atoms with Crippen LogP contribution in [0.15, 0.2) is 40.2 Å².